The highest BCUT2D eigenvalue weighted by molar-refractivity contribution is 7.89. The molecule has 0 aromatic heterocycles. The average Bonchev–Trinajstić information content (AvgIpc) is 3.33. The molecule has 1 saturated carbocycles. The SMILES string of the molecule is Cc1ccc(S(=O)(=O)N[C@H](Cc2ccccc2)C(=O)NCc2cccc(-c3cccc([C@H]4O[C@@H](CN5[C@@H](C(=O)NC(C)(C)C)CC[C@H]6CCCC[C@H]65)[C@@H](C)[C@@H](c5ccc(CO)cc5)O4)c3)c2)cc1. The number of aliphatic hydroxyl groups is 1. The van der Waals surface area contributed by atoms with Crippen LogP contribution in [0.3, 0.4) is 0 Å². The fourth-order valence-corrected chi connectivity index (χ4v) is 11.5. The quantitative estimate of drug-likeness (QED) is 0.0814. The number of nitrogens with zero attached hydrogens (tertiary/aromatic N) is 1. The molecule has 4 N–H and O–H groups in total. The van der Waals surface area contributed by atoms with Gasteiger partial charge >= 0.3 is 0 Å². The van der Waals surface area contributed by atoms with E-state index >= 15 is 0 Å². The summed E-state index contributed by atoms with van der Waals surface area (Å²) >= 11 is 0. The summed E-state index contributed by atoms with van der Waals surface area (Å²) in [5, 5.41) is 16.2. The van der Waals surface area contributed by atoms with E-state index in [1.165, 1.54) is 12.8 Å². The van der Waals surface area contributed by atoms with Crippen LogP contribution < -0.4 is 15.4 Å². The topological polar surface area (TPSA) is 146 Å². The van der Waals surface area contributed by atoms with Crippen molar-refractivity contribution in [3.63, 3.8) is 0 Å². The number of sulfonamides is 1. The third-order valence-electron chi connectivity index (χ3n) is 13.9. The van der Waals surface area contributed by atoms with Gasteiger partial charge in [-0.25, -0.2) is 8.42 Å². The first kappa shape index (κ1) is 49.2. The second-order valence-electron chi connectivity index (χ2n) is 20.2. The van der Waals surface area contributed by atoms with Crippen LogP contribution in [0.1, 0.15) is 112 Å². The van der Waals surface area contributed by atoms with Gasteiger partial charge < -0.3 is 25.2 Å². The summed E-state index contributed by atoms with van der Waals surface area (Å²) in [4.78, 5) is 30.5. The molecule has 2 amide bonds. The van der Waals surface area contributed by atoms with Gasteiger partial charge in [0.1, 0.15) is 6.04 Å². The molecule has 8 rings (SSSR count). The first-order valence-electron chi connectivity index (χ1n) is 24.3. The number of fused-ring (bicyclic) bond motifs is 1. The van der Waals surface area contributed by atoms with Crippen molar-refractivity contribution in [3.8, 4) is 11.1 Å². The van der Waals surface area contributed by atoms with Gasteiger partial charge in [0.2, 0.25) is 21.8 Å². The fourth-order valence-electron chi connectivity index (χ4n) is 10.3. The van der Waals surface area contributed by atoms with Crippen LogP contribution in [0.15, 0.2) is 132 Å². The summed E-state index contributed by atoms with van der Waals surface area (Å²) in [6.07, 6.45) is 5.42. The van der Waals surface area contributed by atoms with Crippen LogP contribution in [0.4, 0.5) is 0 Å². The van der Waals surface area contributed by atoms with Crippen molar-refractivity contribution in [3.05, 3.63) is 161 Å². The summed E-state index contributed by atoms with van der Waals surface area (Å²) in [6.45, 7) is 10.9. The molecule has 8 atom stereocenters. The maximum Gasteiger partial charge on any atom is 0.241 e. The molecule has 11 nitrogen and oxygen atoms in total. The van der Waals surface area contributed by atoms with Gasteiger partial charge in [-0.3, -0.25) is 14.5 Å². The van der Waals surface area contributed by atoms with Crippen LogP contribution in [-0.4, -0.2) is 66.6 Å². The van der Waals surface area contributed by atoms with E-state index in [1.54, 1.807) is 24.3 Å². The molecular weight excluding hydrogens is 873 g/mol. The number of benzene rings is 5. The number of amides is 2. The molecular formula is C56H68N4O7S. The molecule has 1 aliphatic carbocycles. The van der Waals surface area contributed by atoms with Crippen molar-refractivity contribution in [1.82, 2.24) is 20.3 Å². The van der Waals surface area contributed by atoms with E-state index < -0.39 is 28.3 Å². The number of ether oxygens (including phenoxy) is 2. The van der Waals surface area contributed by atoms with Gasteiger partial charge in [-0.05, 0) is 123 Å². The van der Waals surface area contributed by atoms with Gasteiger partial charge in [-0.1, -0.05) is 128 Å². The molecule has 2 aliphatic heterocycles. The number of rotatable bonds is 15. The summed E-state index contributed by atoms with van der Waals surface area (Å²) < 4.78 is 43.7. The number of aryl methyl sites for hydroxylation is 1. The van der Waals surface area contributed by atoms with Crippen molar-refractivity contribution in [2.45, 2.75) is 140 Å². The van der Waals surface area contributed by atoms with Crippen molar-refractivity contribution in [2.75, 3.05) is 6.54 Å². The lowest BCUT2D eigenvalue weighted by Gasteiger charge is -2.51. The zero-order valence-electron chi connectivity index (χ0n) is 40.1. The maximum atomic E-state index is 14.0. The molecule has 2 saturated heterocycles. The number of piperidine rings is 1. The number of carbonyl (C=O) groups excluding carboxylic acids is 2. The smallest absolute Gasteiger partial charge is 0.241 e. The number of hydrogen-bond acceptors (Lipinski definition) is 8. The van der Waals surface area contributed by atoms with Crippen LogP contribution in [0.2, 0.25) is 0 Å². The number of aliphatic hydroxyl groups excluding tert-OH is 1. The predicted molar refractivity (Wildman–Crippen MR) is 265 cm³/mol. The van der Waals surface area contributed by atoms with E-state index in [-0.39, 0.29) is 60.1 Å². The second kappa shape index (κ2) is 21.6. The Kier molecular flexibility index (Phi) is 15.6. The first-order valence-corrected chi connectivity index (χ1v) is 25.8. The van der Waals surface area contributed by atoms with Crippen LogP contribution in [0, 0.1) is 18.8 Å². The lowest BCUT2D eigenvalue weighted by molar-refractivity contribution is -0.278. The summed E-state index contributed by atoms with van der Waals surface area (Å²) in [5.41, 5.74) is 6.82. The van der Waals surface area contributed by atoms with Gasteiger partial charge in [-0.15, -0.1) is 0 Å². The fraction of sp³-hybridized carbons (Fsp3) is 0.429. The Morgan fingerprint density at radius 3 is 2.18 bits per heavy atom. The molecule has 0 unspecified atom stereocenters. The Bertz CT molecular complexity index is 2600. The third-order valence-corrected chi connectivity index (χ3v) is 15.4. The lowest BCUT2D eigenvalue weighted by atomic mass is 9.75. The lowest BCUT2D eigenvalue weighted by Crippen LogP contribution is -2.61. The zero-order chi connectivity index (χ0) is 48.0. The first-order chi connectivity index (χ1) is 32.6. The van der Waals surface area contributed by atoms with Crippen LogP contribution in [0.25, 0.3) is 11.1 Å². The molecule has 2 heterocycles. The molecule has 360 valence electrons. The van der Waals surface area contributed by atoms with Crippen molar-refractivity contribution < 1.29 is 32.6 Å². The van der Waals surface area contributed by atoms with Gasteiger partial charge in [0, 0.05) is 36.2 Å². The van der Waals surface area contributed by atoms with Gasteiger partial charge in [-0.2, -0.15) is 4.72 Å². The van der Waals surface area contributed by atoms with Crippen molar-refractivity contribution >= 4 is 21.8 Å². The largest absolute Gasteiger partial charge is 0.392 e. The maximum absolute atomic E-state index is 14.0. The number of carbonyl (C=O) groups is 2. The average molecular weight is 941 g/mol. The van der Waals surface area contributed by atoms with Gasteiger partial charge in [0.05, 0.1) is 29.8 Å². The van der Waals surface area contributed by atoms with E-state index in [2.05, 4.69) is 33.2 Å². The molecule has 5 aromatic carbocycles. The molecule has 0 bridgehead atoms. The molecule has 12 heteroatoms. The van der Waals surface area contributed by atoms with Crippen molar-refractivity contribution in [2.24, 2.45) is 11.8 Å². The highest BCUT2D eigenvalue weighted by atomic mass is 32.2. The Hall–Kier alpha value is -5.21. The summed E-state index contributed by atoms with van der Waals surface area (Å²) in [5.74, 6) is 0.154. The van der Waals surface area contributed by atoms with E-state index in [4.69, 9.17) is 9.47 Å². The van der Waals surface area contributed by atoms with Gasteiger partial charge in [0.25, 0.3) is 0 Å². The molecule has 0 radical (unpaired) electrons. The molecule has 3 aliphatic rings. The van der Waals surface area contributed by atoms with E-state index in [1.807, 2.05) is 125 Å². The minimum absolute atomic E-state index is 0.0452. The highest BCUT2D eigenvalue weighted by Crippen LogP contribution is 2.45. The standard InChI is InChI=1S/C56H68N4O7S/c1-37-21-28-47(29-22-37)68(64,65)59-48(32-39-13-7-6-8-14-39)53(62)57-34-41-15-11-17-44(31-41)45-18-12-19-46(33-45)55-66-51(38(2)52(67-55)43-25-23-40(36-61)24-26-43)35-60-49-20-10-9-16-42(49)27-30-50(60)54(63)58-56(3,4)5/h6-8,11-15,17-19,21-26,28-29,31,33,38,42,48-52,55,59,61H,9-10,16,20,27,30,32,34-36H2,1-5H3,(H,57,62)(H,58,63)/t38-,42-,48-,49-,50-,51+,52+,55+/m1/s1. The molecule has 68 heavy (non-hydrogen) atoms. The summed E-state index contributed by atoms with van der Waals surface area (Å²) in [6, 6.07) is 39.0. The zero-order valence-corrected chi connectivity index (χ0v) is 40.9. The third kappa shape index (κ3) is 12.1. The van der Waals surface area contributed by atoms with Crippen molar-refractivity contribution in [1.29, 1.82) is 0 Å². The molecule has 5 aromatic rings. The van der Waals surface area contributed by atoms with Crippen LogP contribution in [0.5, 0.6) is 0 Å². The monoisotopic (exact) mass is 940 g/mol. The van der Waals surface area contributed by atoms with Crippen LogP contribution >= 0.6 is 0 Å². The second-order valence-corrected chi connectivity index (χ2v) is 21.9. The molecule has 3 fully saturated rings. The summed E-state index contributed by atoms with van der Waals surface area (Å²) in [7, 11) is -3.99. The Morgan fingerprint density at radius 2 is 1.46 bits per heavy atom. The van der Waals surface area contributed by atoms with Crippen LogP contribution in [-0.2, 0) is 48.7 Å². The normalized spacial score (nSPS) is 23.8. The minimum Gasteiger partial charge on any atom is -0.392 e. The highest BCUT2D eigenvalue weighted by Gasteiger charge is 2.46. The number of nitrogens with one attached hydrogen (secondary N) is 3. The van der Waals surface area contributed by atoms with E-state index in [0.29, 0.717) is 18.5 Å². The Balaban J connectivity index is 1.03. The predicted octanol–water partition coefficient (Wildman–Crippen LogP) is 9.09. The van der Waals surface area contributed by atoms with E-state index in [0.717, 1.165) is 70.2 Å². The molecule has 0 spiro atoms. The van der Waals surface area contributed by atoms with E-state index in [9.17, 15) is 23.1 Å². The number of likely N-dealkylation sites (tertiary alicyclic amines) is 1. The minimum atomic E-state index is -3.99. The van der Waals surface area contributed by atoms with Gasteiger partial charge in [0.15, 0.2) is 6.29 Å². The number of hydrogen-bond donors (Lipinski definition) is 4. The Morgan fingerprint density at radius 1 is 0.765 bits per heavy atom. The Labute approximate surface area is 403 Å².